The molecule has 0 heterocycles. The fraction of sp³-hybridized carbons (Fsp3) is 0.900. The molecular weight excluding hydrogens is 223 g/mol. The zero-order chi connectivity index (χ0) is 12.9. The van der Waals surface area contributed by atoms with E-state index in [1.165, 1.54) is 0 Å². The molecule has 0 aliphatic rings. The fourth-order valence-electron chi connectivity index (χ4n) is 1.14. The molecule has 0 aliphatic heterocycles. The Morgan fingerprint density at radius 2 is 1.75 bits per heavy atom. The van der Waals surface area contributed by atoms with E-state index in [4.69, 9.17) is 4.74 Å². The Labute approximate surface area is 93.6 Å². The molecule has 0 atom stereocenters. The molecular formula is C10H18F3NO2. The zero-order valence-corrected chi connectivity index (χ0v) is 9.97. The molecule has 0 aliphatic carbocycles. The average Bonchev–Trinajstić information content (AvgIpc) is 2.08. The first kappa shape index (κ1) is 15.2. The molecule has 16 heavy (non-hydrogen) atoms. The smallest absolute Gasteiger partial charge is 0.377 e. The number of hydrogen-bond donors (Lipinski definition) is 0. The van der Waals surface area contributed by atoms with Crippen molar-refractivity contribution in [2.24, 2.45) is 0 Å². The van der Waals surface area contributed by atoms with Crippen molar-refractivity contribution in [2.75, 3.05) is 13.2 Å². The summed E-state index contributed by atoms with van der Waals surface area (Å²) in [6.07, 6.45) is -4.88. The maximum Gasteiger partial charge on any atom is 0.471 e. The molecule has 0 saturated heterocycles. The van der Waals surface area contributed by atoms with Gasteiger partial charge in [-0.1, -0.05) is 0 Å². The van der Waals surface area contributed by atoms with Crippen molar-refractivity contribution in [3.8, 4) is 0 Å². The number of ether oxygens (including phenoxy) is 1. The van der Waals surface area contributed by atoms with E-state index < -0.39 is 18.1 Å². The zero-order valence-electron chi connectivity index (χ0n) is 9.97. The van der Waals surface area contributed by atoms with Gasteiger partial charge in [-0.05, 0) is 27.7 Å². The summed E-state index contributed by atoms with van der Waals surface area (Å²) in [5.74, 6) is -1.81. The molecule has 0 N–H and O–H groups in total. The molecule has 0 saturated carbocycles. The minimum absolute atomic E-state index is 0.0474. The highest BCUT2D eigenvalue weighted by molar-refractivity contribution is 5.82. The van der Waals surface area contributed by atoms with E-state index in [1.54, 1.807) is 27.7 Å². The van der Waals surface area contributed by atoms with Gasteiger partial charge in [0, 0.05) is 12.6 Å². The lowest BCUT2D eigenvalue weighted by Crippen LogP contribution is -2.46. The highest BCUT2D eigenvalue weighted by Crippen LogP contribution is 2.19. The number of halogens is 3. The summed E-state index contributed by atoms with van der Waals surface area (Å²) in [6, 6.07) is -0.495. The Balaban J connectivity index is 4.34. The van der Waals surface area contributed by atoms with Gasteiger partial charge in [-0.3, -0.25) is 4.79 Å². The van der Waals surface area contributed by atoms with Crippen LogP contribution in [0.4, 0.5) is 13.2 Å². The minimum Gasteiger partial charge on any atom is -0.377 e. The molecule has 0 rings (SSSR count). The number of alkyl halides is 3. The van der Waals surface area contributed by atoms with E-state index in [2.05, 4.69) is 0 Å². The third-order valence-corrected chi connectivity index (χ3v) is 1.91. The van der Waals surface area contributed by atoms with Crippen molar-refractivity contribution in [1.82, 2.24) is 4.90 Å². The standard InChI is InChI=1S/C10H18F3NO2/c1-7(2)14(5-6-16-8(3)4)9(15)10(11,12)13/h7-8H,5-6H2,1-4H3. The summed E-state index contributed by atoms with van der Waals surface area (Å²) in [7, 11) is 0. The molecule has 3 nitrogen and oxygen atoms in total. The SMILES string of the molecule is CC(C)OCCN(C(=O)C(F)(F)F)C(C)C. The Bertz CT molecular complexity index is 227. The summed E-state index contributed by atoms with van der Waals surface area (Å²) in [4.78, 5) is 11.8. The van der Waals surface area contributed by atoms with E-state index in [1.807, 2.05) is 0 Å². The Hall–Kier alpha value is -0.780. The van der Waals surface area contributed by atoms with Gasteiger partial charge in [0.15, 0.2) is 0 Å². The van der Waals surface area contributed by atoms with Crippen LogP contribution in [0.2, 0.25) is 0 Å². The van der Waals surface area contributed by atoms with E-state index in [0.717, 1.165) is 4.90 Å². The predicted octanol–water partition coefficient (Wildman–Crippen LogP) is 2.21. The van der Waals surface area contributed by atoms with Gasteiger partial charge in [0.25, 0.3) is 0 Å². The maximum atomic E-state index is 12.2. The molecule has 0 radical (unpaired) electrons. The molecule has 0 aromatic carbocycles. The van der Waals surface area contributed by atoms with Crippen molar-refractivity contribution in [1.29, 1.82) is 0 Å². The summed E-state index contributed by atoms with van der Waals surface area (Å²) < 4.78 is 41.8. The normalized spacial score (nSPS) is 12.3. The summed E-state index contributed by atoms with van der Waals surface area (Å²) in [5.41, 5.74) is 0. The van der Waals surface area contributed by atoms with Crippen LogP contribution in [0.1, 0.15) is 27.7 Å². The maximum absolute atomic E-state index is 12.2. The summed E-state index contributed by atoms with van der Waals surface area (Å²) >= 11 is 0. The van der Waals surface area contributed by atoms with Gasteiger partial charge in [-0.2, -0.15) is 13.2 Å². The number of amides is 1. The van der Waals surface area contributed by atoms with Crippen LogP contribution in [0.3, 0.4) is 0 Å². The van der Waals surface area contributed by atoms with Gasteiger partial charge in [0.1, 0.15) is 0 Å². The first-order valence-corrected chi connectivity index (χ1v) is 5.15. The van der Waals surface area contributed by atoms with Crippen LogP contribution >= 0.6 is 0 Å². The molecule has 0 aromatic heterocycles. The molecule has 6 heteroatoms. The van der Waals surface area contributed by atoms with Crippen LogP contribution < -0.4 is 0 Å². The first-order chi connectivity index (χ1) is 7.16. The average molecular weight is 241 g/mol. The third-order valence-electron chi connectivity index (χ3n) is 1.91. The lowest BCUT2D eigenvalue weighted by Gasteiger charge is -2.27. The van der Waals surface area contributed by atoms with Crippen molar-refractivity contribution < 1.29 is 22.7 Å². The quantitative estimate of drug-likeness (QED) is 0.738. The minimum atomic E-state index is -4.82. The second-order valence-corrected chi connectivity index (χ2v) is 4.01. The van der Waals surface area contributed by atoms with Crippen LogP contribution in [-0.4, -0.2) is 42.3 Å². The van der Waals surface area contributed by atoms with Gasteiger partial charge in [0.2, 0.25) is 0 Å². The Morgan fingerprint density at radius 1 is 1.25 bits per heavy atom. The third kappa shape index (κ3) is 5.34. The van der Waals surface area contributed by atoms with E-state index >= 15 is 0 Å². The largest absolute Gasteiger partial charge is 0.471 e. The fourth-order valence-corrected chi connectivity index (χ4v) is 1.14. The lowest BCUT2D eigenvalue weighted by molar-refractivity contribution is -0.188. The van der Waals surface area contributed by atoms with Crippen LogP contribution in [0, 0.1) is 0 Å². The highest BCUT2D eigenvalue weighted by atomic mass is 19.4. The van der Waals surface area contributed by atoms with E-state index in [-0.39, 0.29) is 19.3 Å². The molecule has 0 unspecified atom stereocenters. The van der Waals surface area contributed by atoms with Gasteiger partial charge < -0.3 is 9.64 Å². The number of nitrogens with zero attached hydrogens (tertiary/aromatic N) is 1. The van der Waals surface area contributed by atoms with Crippen LogP contribution in [0.5, 0.6) is 0 Å². The van der Waals surface area contributed by atoms with Crippen molar-refractivity contribution >= 4 is 5.91 Å². The predicted molar refractivity (Wildman–Crippen MR) is 54.0 cm³/mol. The number of carbonyl (C=O) groups is 1. The molecule has 0 bridgehead atoms. The van der Waals surface area contributed by atoms with Crippen molar-refractivity contribution in [3.63, 3.8) is 0 Å². The highest BCUT2D eigenvalue weighted by Gasteiger charge is 2.43. The topological polar surface area (TPSA) is 29.5 Å². The van der Waals surface area contributed by atoms with Gasteiger partial charge >= 0.3 is 12.1 Å². The van der Waals surface area contributed by atoms with Crippen LogP contribution in [0.15, 0.2) is 0 Å². The first-order valence-electron chi connectivity index (χ1n) is 5.15. The van der Waals surface area contributed by atoms with Crippen LogP contribution in [-0.2, 0) is 9.53 Å². The molecule has 0 aromatic rings. The monoisotopic (exact) mass is 241 g/mol. The number of carbonyl (C=O) groups excluding carboxylic acids is 1. The Kier molecular flexibility index (Phi) is 5.78. The molecule has 96 valence electrons. The second-order valence-electron chi connectivity index (χ2n) is 4.01. The summed E-state index contributed by atoms with van der Waals surface area (Å²) in [5, 5.41) is 0. The summed E-state index contributed by atoms with van der Waals surface area (Å²) in [6.45, 7) is 6.71. The van der Waals surface area contributed by atoms with Gasteiger partial charge in [-0.25, -0.2) is 0 Å². The van der Waals surface area contributed by atoms with E-state index in [9.17, 15) is 18.0 Å². The number of rotatable bonds is 5. The molecule has 0 fully saturated rings. The van der Waals surface area contributed by atoms with Crippen molar-refractivity contribution in [3.05, 3.63) is 0 Å². The molecule has 1 amide bonds. The second kappa shape index (κ2) is 6.08. The van der Waals surface area contributed by atoms with Gasteiger partial charge in [0.05, 0.1) is 12.7 Å². The van der Waals surface area contributed by atoms with Crippen molar-refractivity contribution in [2.45, 2.75) is 46.0 Å². The molecule has 0 spiro atoms. The van der Waals surface area contributed by atoms with E-state index in [0.29, 0.717) is 0 Å². The lowest BCUT2D eigenvalue weighted by atomic mass is 10.3. The Morgan fingerprint density at radius 3 is 2.06 bits per heavy atom. The van der Waals surface area contributed by atoms with Gasteiger partial charge in [-0.15, -0.1) is 0 Å². The van der Waals surface area contributed by atoms with Crippen LogP contribution in [0.25, 0.3) is 0 Å². The number of hydrogen-bond acceptors (Lipinski definition) is 2.